The Morgan fingerprint density at radius 2 is 2.26 bits per heavy atom. The van der Waals surface area contributed by atoms with Gasteiger partial charge < -0.3 is 10.1 Å². The fourth-order valence-electron chi connectivity index (χ4n) is 1.84. The van der Waals surface area contributed by atoms with Crippen molar-refractivity contribution in [3.05, 3.63) is 35.3 Å². The normalized spacial score (nSPS) is 12.4. The van der Waals surface area contributed by atoms with Crippen LogP contribution in [0.5, 0.6) is 5.75 Å². The van der Waals surface area contributed by atoms with Gasteiger partial charge in [0.15, 0.2) is 0 Å². The van der Waals surface area contributed by atoms with Crippen molar-refractivity contribution in [1.82, 2.24) is 10.3 Å². The summed E-state index contributed by atoms with van der Waals surface area (Å²) < 4.78 is 5.25. The number of aromatic nitrogens is 1. The molecule has 1 unspecified atom stereocenters. The number of nitrogens with one attached hydrogen (secondary N) is 1. The third kappa shape index (κ3) is 3.55. The van der Waals surface area contributed by atoms with E-state index in [1.54, 1.807) is 18.4 Å². The van der Waals surface area contributed by atoms with Gasteiger partial charge >= 0.3 is 0 Å². The molecule has 0 saturated carbocycles. The predicted molar refractivity (Wildman–Crippen MR) is 80.8 cm³/mol. The number of benzene rings is 1. The Morgan fingerprint density at radius 3 is 3.00 bits per heavy atom. The van der Waals surface area contributed by atoms with Crippen LogP contribution in [0.25, 0.3) is 10.6 Å². The van der Waals surface area contributed by atoms with Crippen molar-refractivity contribution in [2.24, 2.45) is 0 Å². The maximum absolute atomic E-state index is 5.25. The number of nitrogens with zero attached hydrogens (tertiary/aromatic N) is 1. The van der Waals surface area contributed by atoms with Gasteiger partial charge in [-0.2, -0.15) is 0 Å². The summed E-state index contributed by atoms with van der Waals surface area (Å²) in [5.74, 6) is 0.867. The van der Waals surface area contributed by atoms with E-state index in [1.807, 2.05) is 18.2 Å². The Morgan fingerprint density at radius 1 is 1.42 bits per heavy atom. The maximum atomic E-state index is 5.25. The molecular weight excluding hydrogens is 256 g/mol. The number of hydrogen-bond donors (Lipinski definition) is 1. The average molecular weight is 276 g/mol. The molecule has 2 aromatic rings. The average Bonchev–Trinajstić information content (AvgIpc) is 2.94. The zero-order valence-electron chi connectivity index (χ0n) is 11.6. The van der Waals surface area contributed by atoms with Crippen molar-refractivity contribution in [2.45, 2.75) is 26.3 Å². The molecule has 0 aliphatic heterocycles. The SMILES string of the molecule is CCCNC(C)c1csc(-c2cccc(OC)c2)n1. The van der Waals surface area contributed by atoms with Crippen LogP contribution in [0.2, 0.25) is 0 Å². The lowest BCUT2D eigenvalue weighted by Gasteiger charge is -2.09. The molecule has 1 N–H and O–H groups in total. The van der Waals surface area contributed by atoms with Crippen LogP contribution in [0.15, 0.2) is 29.6 Å². The van der Waals surface area contributed by atoms with E-state index in [-0.39, 0.29) is 0 Å². The lowest BCUT2D eigenvalue weighted by molar-refractivity contribution is 0.415. The first-order chi connectivity index (χ1) is 9.24. The smallest absolute Gasteiger partial charge is 0.123 e. The highest BCUT2D eigenvalue weighted by molar-refractivity contribution is 7.13. The van der Waals surface area contributed by atoms with Gasteiger partial charge in [0.2, 0.25) is 0 Å². The Labute approximate surface area is 118 Å². The van der Waals surface area contributed by atoms with Crippen LogP contribution in [0.1, 0.15) is 32.0 Å². The molecule has 0 radical (unpaired) electrons. The molecule has 0 amide bonds. The molecule has 0 fully saturated rings. The van der Waals surface area contributed by atoms with Crippen LogP contribution in [0, 0.1) is 0 Å². The first-order valence-electron chi connectivity index (χ1n) is 6.57. The van der Waals surface area contributed by atoms with Gasteiger partial charge in [-0.1, -0.05) is 19.1 Å². The lowest BCUT2D eigenvalue weighted by Crippen LogP contribution is -2.19. The van der Waals surface area contributed by atoms with E-state index < -0.39 is 0 Å². The zero-order chi connectivity index (χ0) is 13.7. The maximum Gasteiger partial charge on any atom is 0.123 e. The third-order valence-corrected chi connectivity index (χ3v) is 3.89. The Balaban J connectivity index is 2.15. The van der Waals surface area contributed by atoms with Crippen LogP contribution in [0.3, 0.4) is 0 Å². The number of thiazole rings is 1. The number of ether oxygens (including phenoxy) is 1. The van der Waals surface area contributed by atoms with E-state index in [0.717, 1.165) is 35.0 Å². The largest absolute Gasteiger partial charge is 0.497 e. The fraction of sp³-hybridized carbons (Fsp3) is 0.400. The molecule has 0 aliphatic rings. The summed E-state index contributed by atoms with van der Waals surface area (Å²) in [6.07, 6.45) is 1.14. The molecule has 1 atom stereocenters. The summed E-state index contributed by atoms with van der Waals surface area (Å²) in [6.45, 7) is 5.34. The highest BCUT2D eigenvalue weighted by atomic mass is 32.1. The van der Waals surface area contributed by atoms with E-state index in [1.165, 1.54) is 0 Å². The fourth-order valence-corrected chi connectivity index (χ4v) is 2.75. The Hall–Kier alpha value is -1.39. The highest BCUT2D eigenvalue weighted by Crippen LogP contribution is 2.28. The molecular formula is C15H20N2OS. The van der Waals surface area contributed by atoms with E-state index in [4.69, 9.17) is 9.72 Å². The minimum Gasteiger partial charge on any atom is -0.497 e. The van der Waals surface area contributed by atoms with Crippen molar-refractivity contribution >= 4 is 11.3 Å². The first kappa shape index (κ1) is 14.0. The first-order valence-corrected chi connectivity index (χ1v) is 7.45. The van der Waals surface area contributed by atoms with Gasteiger partial charge in [-0.05, 0) is 32.0 Å². The van der Waals surface area contributed by atoms with Gasteiger partial charge in [0.05, 0.1) is 12.8 Å². The quantitative estimate of drug-likeness (QED) is 0.869. The van der Waals surface area contributed by atoms with Gasteiger partial charge in [0, 0.05) is 17.0 Å². The predicted octanol–water partition coefficient (Wildman–Crippen LogP) is 3.88. The van der Waals surface area contributed by atoms with Crippen molar-refractivity contribution in [2.75, 3.05) is 13.7 Å². The molecule has 0 aliphatic carbocycles. The van der Waals surface area contributed by atoms with Gasteiger partial charge in [0.25, 0.3) is 0 Å². The van der Waals surface area contributed by atoms with Crippen molar-refractivity contribution in [1.29, 1.82) is 0 Å². The van der Waals surface area contributed by atoms with Gasteiger partial charge in [-0.3, -0.25) is 0 Å². The molecule has 1 aromatic carbocycles. The summed E-state index contributed by atoms with van der Waals surface area (Å²) in [4.78, 5) is 4.71. The molecule has 4 heteroatoms. The summed E-state index contributed by atoms with van der Waals surface area (Å²) in [7, 11) is 1.68. The topological polar surface area (TPSA) is 34.1 Å². The molecule has 1 heterocycles. The molecule has 0 spiro atoms. The summed E-state index contributed by atoms with van der Waals surface area (Å²) in [5, 5.41) is 6.62. The highest BCUT2D eigenvalue weighted by Gasteiger charge is 2.10. The number of hydrogen-bond acceptors (Lipinski definition) is 4. The van der Waals surface area contributed by atoms with Crippen LogP contribution >= 0.6 is 11.3 Å². The third-order valence-electron chi connectivity index (χ3n) is 2.98. The van der Waals surface area contributed by atoms with Gasteiger partial charge in [-0.25, -0.2) is 4.98 Å². The van der Waals surface area contributed by atoms with Crippen molar-refractivity contribution in [3.63, 3.8) is 0 Å². The summed E-state index contributed by atoms with van der Waals surface area (Å²) in [6, 6.07) is 8.33. The minimum absolute atomic E-state index is 0.301. The van der Waals surface area contributed by atoms with Crippen LogP contribution in [0.4, 0.5) is 0 Å². The second-order valence-corrected chi connectivity index (χ2v) is 5.34. The minimum atomic E-state index is 0.301. The van der Waals surface area contributed by atoms with Crippen molar-refractivity contribution < 1.29 is 4.74 Å². The molecule has 2 rings (SSSR count). The van der Waals surface area contributed by atoms with Gasteiger partial charge in [0.1, 0.15) is 10.8 Å². The van der Waals surface area contributed by atoms with Crippen molar-refractivity contribution in [3.8, 4) is 16.3 Å². The standard InChI is InChI=1S/C15H20N2OS/c1-4-8-16-11(2)14-10-19-15(17-14)12-6-5-7-13(9-12)18-3/h5-7,9-11,16H,4,8H2,1-3H3. The second-order valence-electron chi connectivity index (χ2n) is 4.49. The molecule has 19 heavy (non-hydrogen) atoms. The molecule has 0 bridgehead atoms. The van der Waals surface area contributed by atoms with E-state index >= 15 is 0 Å². The van der Waals surface area contributed by atoms with Crippen LogP contribution in [-0.4, -0.2) is 18.6 Å². The van der Waals surface area contributed by atoms with Crippen LogP contribution in [-0.2, 0) is 0 Å². The Bertz CT molecular complexity index is 524. The number of rotatable bonds is 6. The Kier molecular flexibility index (Phi) is 4.93. The lowest BCUT2D eigenvalue weighted by atomic mass is 10.2. The molecule has 0 saturated heterocycles. The molecule has 1 aromatic heterocycles. The summed E-state index contributed by atoms with van der Waals surface area (Å²) in [5.41, 5.74) is 2.22. The van der Waals surface area contributed by atoms with Crippen LogP contribution < -0.4 is 10.1 Å². The van der Waals surface area contributed by atoms with Gasteiger partial charge in [-0.15, -0.1) is 11.3 Å². The molecule has 102 valence electrons. The van der Waals surface area contributed by atoms with E-state index in [2.05, 4.69) is 30.6 Å². The molecule has 3 nitrogen and oxygen atoms in total. The monoisotopic (exact) mass is 276 g/mol. The zero-order valence-corrected chi connectivity index (χ0v) is 12.5. The second kappa shape index (κ2) is 6.68. The van der Waals surface area contributed by atoms with E-state index in [0.29, 0.717) is 6.04 Å². The summed E-state index contributed by atoms with van der Waals surface area (Å²) >= 11 is 1.68. The number of methoxy groups -OCH3 is 1. The van der Waals surface area contributed by atoms with E-state index in [9.17, 15) is 0 Å².